The minimum Gasteiger partial charge on any atom is -0.491 e. The van der Waals surface area contributed by atoms with Gasteiger partial charge in [0, 0.05) is 12.6 Å². The first-order valence-corrected chi connectivity index (χ1v) is 12.3. The number of hydrogen-bond acceptors (Lipinski definition) is 4. The number of rotatable bonds is 9. The second kappa shape index (κ2) is 9.53. The molecule has 0 fully saturated rings. The van der Waals surface area contributed by atoms with Gasteiger partial charge >= 0.3 is 0 Å². The van der Waals surface area contributed by atoms with Crippen molar-refractivity contribution in [1.29, 1.82) is 0 Å². The van der Waals surface area contributed by atoms with E-state index in [1.54, 1.807) is 0 Å². The van der Waals surface area contributed by atoms with Crippen molar-refractivity contribution in [2.24, 2.45) is 0 Å². The Bertz CT molecular complexity index is 565. The Labute approximate surface area is 159 Å². The van der Waals surface area contributed by atoms with Crippen molar-refractivity contribution in [3.63, 3.8) is 0 Å². The predicted molar refractivity (Wildman–Crippen MR) is 110 cm³/mol. The lowest BCUT2D eigenvalue weighted by molar-refractivity contribution is -0.119. The van der Waals surface area contributed by atoms with E-state index in [1.807, 2.05) is 38.1 Å². The predicted octanol–water partition coefficient (Wildman–Crippen LogP) is 3.09. The van der Waals surface area contributed by atoms with Crippen LogP contribution in [0.1, 0.15) is 40.2 Å². The Morgan fingerprint density at radius 3 is 2.27 bits per heavy atom. The molecule has 0 spiro atoms. The van der Waals surface area contributed by atoms with Gasteiger partial charge in [0.2, 0.25) is 5.91 Å². The fourth-order valence-corrected chi connectivity index (χ4v) is 3.25. The number of aliphatic hydroxyl groups excluding tert-OH is 1. The third-order valence-corrected chi connectivity index (χ3v) is 9.47. The van der Waals surface area contributed by atoms with E-state index in [-0.39, 0.29) is 17.6 Å². The number of benzene rings is 1. The van der Waals surface area contributed by atoms with Crippen molar-refractivity contribution in [3.05, 3.63) is 29.8 Å². The zero-order valence-corrected chi connectivity index (χ0v) is 18.3. The van der Waals surface area contributed by atoms with Gasteiger partial charge < -0.3 is 20.1 Å². The van der Waals surface area contributed by atoms with Crippen LogP contribution in [0.2, 0.25) is 18.1 Å². The van der Waals surface area contributed by atoms with E-state index in [2.05, 4.69) is 44.2 Å². The standard InChI is InChI=1S/C20H36N2O3Si/c1-15(2)21-13-17(23)14-25-18-10-8-16(9-11-18)12-19(24)22-26(6,7)20(3,4)5/h8-11,15,17,21,23H,12-14H2,1-7H3,(H,22,24). The molecule has 0 saturated heterocycles. The molecule has 1 aromatic rings. The van der Waals surface area contributed by atoms with Gasteiger partial charge in [0.05, 0.1) is 6.42 Å². The Kier molecular flexibility index (Phi) is 8.31. The molecule has 5 nitrogen and oxygen atoms in total. The lowest BCUT2D eigenvalue weighted by Crippen LogP contribution is -2.55. The van der Waals surface area contributed by atoms with Gasteiger partial charge in [0.25, 0.3) is 0 Å². The Balaban J connectivity index is 2.48. The van der Waals surface area contributed by atoms with Crippen LogP contribution in [0, 0.1) is 0 Å². The van der Waals surface area contributed by atoms with Crippen molar-refractivity contribution >= 4 is 14.1 Å². The number of carbonyl (C=O) groups excluding carboxylic acids is 1. The van der Waals surface area contributed by atoms with Crippen molar-refractivity contribution in [2.45, 2.75) is 71.3 Å². The number of ether oxygens (including phenoxy) is 1. The van der Waals surface area contributed by atoms with Crippen LogP contribution in [0.3, 0.4) is 0 Å². The third-order valence-electron chi connectivity index (χ3n) is 4.82. The highest BCUT2D eigenvalue weighted by molar-refractivity contribution is 6.79. The van der Waals surface area contributed by atoms with E-state index in [0.29, 0.717) is 24.8 Å². The molecule has 0 bridgehead atoms. The van der Waals surface area contributed by atoms with E-state index in [1.165, 1.54) is 0 Å². The van der Waals surface area contributed by atoms with E-state index in [0.717, 1.165) is 5.56 Å². The van der Waals surface area contributed by atoms with Crippen molar-refractivity contribution < 1.29 is 14.6 Å². The van der Waals surface area contributed by atoms with Crippen molar-refractivity contribution in [3.8, 4) is 5.75 Å². The lowest BCUT2D eigenvalue weighted by atomic mass is 10.1. The van der Waals surface area contributed by atoms with Crippen LogP contribution >= 0.6 is 0 Å². The molecule has 1 aromatic carbocycles. The molecule has 3 N–H and O–H groups in total. The van der Waals surface area contributed by atoms with Crippen molar-refractivity contribution in [1.82, 2.24) is 10.3 Å². The van der Waals surface area contributed by atoms with Crippen LogP contribution in [-0.4, -0.2) is 44.5 Å². The number of nitrogens with one attached hydrogen (secondary N) is 2. The van der Waals surface area contributed by atoms with Gasteiger partial charge in [-0.2, -0.15) is 0 Å². The minimum atomic E-state index is -1.83. The summed E-state index contributed by atoms with van der Waals surface area (Å²) < 4.78 is 5.60. The number of hydrogen-bond donors (Lipinski definition) is 3. The second-order valence-corrected chi connectivity index (χ2v) is 13.8. The SMILES string of the molecule is CC(C)NCC(O)COc1ccc(CC(=O)N[Si](C)(C)C(C)(C)C)cc1. The van der Waals surface area contributed by atoms with Gasteiger partial charge in [0.15, 0.2) is 8.24 Å². The average Bonchev–Trinajstić information content (AvgIpc) is 2.50. The summed E-state index contributed by atoms with van der Waals surface area (Å²) in [4.78, 5) is 15.6. The highest BCUT2D eigenvalue weighted by atomic mass is 28.3. The topological polar surface area (TPSA) is 70.6 Å². The Morgan fingerprint density at radius 1 is 1.19 bits per heavy atom. The van der Waals surface area contributed by atoms with Crippen LogP contribution in [-0.2, 0) is 11.2 Å². The maximum atomic E-state index is 12.4. The average molecular weight is 381 g/mol. The summed E-state index contributed by atoms with van der Waals surface area (Å²) in [6.07, 6.45) is -0.180. The smallest absolute Gasteiger partial charge is 0.216 e. The molecular formula is C20H36N2O3Si. The highest BCUT2D eigenvalue weighted by Gasteiger charge is 2.36. The molecule has 148 valence electrons. The molecule has 6 heteroatoms. The highest BCUT2D eigenvalue weighted by Crippen LogP contribution is 2.33. The molecule has 1 rings (SSSR count). The van der Waals surface area contributed by atoms with Gasteiger partial charge in [-0.25, -0.2) is 0 Å². The van der Waals surface area contributed by atoms with Gasteiger partial charge in [-0.3, -0.25) is 4.79 Å². The first kappa shape index (κ1) is 22.7. The minimum absolute atomic E-state index is 0.0699. The van der Waals surface area contributed by atoms with Gasteiger partial charge in [-0.15, -0.1) is 0 Å². The zero-order valence-electron chi connectivity index (χ0n) is 17.3. The summed E-state index contributed by atoms with van der Waals surface area (Å²) in [7, 11) is -1.83. The van der Waals surface area contributed by atoms with Crippen LogP contribution in [0.5, 0.6) is 5.75 Å². The monoisotopic (exact) mass is 380 g/mol. The lowest BCUT2D eigenvalue weighted by Gasteiger charge is -2.37. The van der Waals surface area contributed by atoms with Gasteiger partial charge in [-0.05, 0) is 22.7 Å². The fourth-order valence-electron chi connectivity index (χ4n) is 2.09. The summed E-state index contributed by atoms with van der Waals surface area (Å²) in [5, 5.41) is 13.2. The molecule has 0 aliphatic rings. The molecular weight excluding hydrogens is 344 g/mol. The number of aliphatic hydroxyl groups is 1. The maximum Gasteiger partial charge on any atom is 0.216 e. The summed E-state index contributed by atoms with van der Waals surface area (Å²) in [5.41, 5.74) is 0.954. The van der Waals surface area contributed by atoms with E-state index >= 15 is 0 Å². The van der Waals surface area contributed by atoms with Crippen LogP contribution < -0.4 is 15.0 Å². The van der Waals surface area contributed by atoms with Gasteiger partial charge in [-0.1, -0.05) is 59.8 Å². The number of carbonyl (C=O) groups is 1. The molecule has 1 amide bonds. The maximum absolute atomic E-state index is 12.4. The Hall–Kier alpha value is -1.37. The first-order valence-electron chi connectivity index (χ1n) is 9.35. The summed E-state index contributed by atoms with van der Waals surface area (Å²) in [6, 6.07) is 7.83. The summed E-state index contributed by atoms with van der Waals surface area (Å²) in [6.45, 7) is 15.7. The quantitative estimate of drug-likeness (QED) is 0.576. The Morgan fingerprint density at radius 2 is 1.77 bits per heavy atom. The zero-order chi connectivity index (χ0) is 20.0. The van der Waals surface area contributed by atoms with Crippen LogP contribution in [0.4, 0.5) is 0 Å². The van der Waals surface area contributed by atoms with Gasteiger partial charge in [0.1, 0.15) is 18.5 Å². The van der Waals surface area contributed by atoms with E-state index in [4.69, 9.17) is 4.74 Å². The molecule has 1 unspecified atom stereocenters. The molecule has 0 aromatic heterocycles. The molecule has 0 heterocycles. The summed E-state index contributed by atoms with van der Waals surface area (Å²) >= 11 is 0. The molecule has 0 aliphatic heterocycles. The van der Waals surface area contributed by atoms with E-state index in [9.17, 15) is 9.90 Å². The first-order chi connectivity index (χ1) is 11.9. The molecule has 0 aliphatic carbocycles. The summed E-state index contributed by atoms with van der Waals surface area (Å²) in [5.74, 6) is 0.766. The largest absolute Gasteiger partial charge is 0.491 e. The van der Waals surface area contributed by atoms with Crippen molar-refractivity contribution in [2.75, 3.05) is 13.2 Å². The molecule has 0 radical (unpaired) electrons. The molecule has 26 heavy (non-hydrogen) atoms. The normalized spacial score (nSPS) is 13.6. The number of amides is 1. The van der Waals surface area contributed by atoms with E-state index < -0.39 is 14.3 Å². The fraction of sp³-hybridized carbons (Fsp3) is 0.650. The molecule has 1 atom stereocenters. The second-order valence-electron chi connectivity index (χ2n) is 8.77. The third kappa shape index (κ3) is 7.89. The van der Waals surface area contributed by atoms with Crippen LogP contribution in [0.15, 0.2) is 24.3 Å². The molecule has 0 saturated carbocycles. The van der Waals surface area contributed by atoms with Crippen LogP contribution in [0.25, 0.3) is 0 Å².